The van der Waals surface area contributed by atoms with E-state index in [1.807, 2.05) is 0 Å². The van der Waals surface area contributed by atoms with E-state index in [1.54, 1.807) is 13.1 Å². The average Bonchev–Trinajstić information content (AvgIpc) is 2.72. The van der Waals surface area contributed by atoms with Crippen molar-refractivity contribution < 1.29 is 13.2 Å². The van der Waals surface area contributed by atoms with E-state index in [0.29, 0.717) is 15.6 Å². The molecule has 0 radical (unpaired) electrons. The van der Waals surface area contributed by atoms with Crippen LogP contribution in [0.25, 0.3) is 0 Å². The highest BCUT2D eigenvalue weighted by molar-refractivity contribution is 7.92. The smallest absolute Gasteiger partial charge is 0.261 e. The summed E-state index contributed by atoms with van der Waals surface area (Å²) in [6.07, 6.45) is 0.193. The zero-order valence-corrected chi connectivity index (χ0v) is 14.3. The minimum absolute atomic E-state index is 0.0656. The number of sulfonamides is 1. The highest BCUT2D eigenvalue weighted by Gasteiger charge is 2.26. The molecule has 0 aromatic heterocycles. The molecule has 1 aliphatic rings. The molecule has 3 rings (SSSR count). The number of carbonyl (C=O) groups is 1. The van der Waals surface area contributed by atoms with Gasteiger partial charge in [0.1, 0.15) is 0 Å². The number of halogens is 2. The van der Waals surface area contributed by atoms with Crippen molar-refractivity contribution in [3.8, 4) is 0 Å². The Labute approximate surface area is 143 Å². The van der Waals surface area contributed by atoms with E-state index in [4.69, 9.17) is 23.2 Å². The molecule has 0 unspecified atom stereocenters. The fourth-order valence-electron chi connectivity index (χ4n) is 2.44. The van der Waals surface area contributed by atoms with Gasteiger partial charge in [-0.15, -0.1) is 0 Å². The van der Waals surface area contributed by atoms with Crippen LogP contribution in [-0.2, 0) is 21.2 Å². The van der Waals surface area contributed by atoms with Crippen LogP contribution in [0.5, 0.6) is 0 Å². The van der Waals surface area contributed by atoms with Crippen molar-refractivity contribution in [2.24, 2.45) is 0 Å². The van der Waals surface area contributed by atoms with Crippen LogP contribution >= 0.6 is 23.2 Å². The molecule has 23 heavy (non-hydrogen) atoms. The number of amides is 1. The number of anilines is 2. The number of fused-ring (bicyclic) bond motifs is 1. The summed E-state index contributed by atoms with van der Waals surface area (Å²) in [5, 5.41) is 0.660. The van der Waals surface area contributed by atoms with Crippen LogP contribution in [0.4, 0.5) is 11.4 Å². The third-order valence-electron chi connectivity index (χ3n) is 3.55. The van der Waals surface area contributed by atoms with Gasteiger partial charge in [0.25, 0.3) is 10.0 Å². The van der Waals surface area contributed by atoms with E-state index in [-0.39, 0.29) is 22.9 Å². The van der Waals surface area contributed by atoms with Gasteiger partial charge >= 0.3 is 0 Å². The van der Waals surface area contributed by atoms with Gasteiger partial charge in [-0.05, 0) is 42.0 Å². The second-order valence-corrected chi connectivity index (χ2v) is 7.74. The van der Waals surface area contributed by atoms with E-state index in [9.17, 15) is 13.2 Å². The fraction of sp³-hybridized carbons (Fsp3) is 0.133. The number of rotatable bonds is 3. The quantitative estimate of drug-likeness (QED) is 0.900. The fourth-order valence-corrected chi connectivity index (χ4v) is 4.06. The van der Waals surface area contributed by atoms with Crippen LogP contribution in [0.15, 0.2) is 41.3 Å². The van der Waals surface area contributed by atoms with Crippen molar-refractivity contribution in [2.75, 3.05) is 16.7 Å². The Balaban J connectivity index is 1.95. The van der Waals surface area contributed by atoms with Crippen LogP contribution in [0, 0.1) is 0 Å². The molecule has 1 amide bonds. The maximum Gasteiger partial charge on any atom is 0.261 e. The van der Waals surface area contributed by atoms with Crippen LogP contribution < -0.4 is 9.62 Å². The molecule has 0 saturated heterocycles. The predicted octanol–water partition coefficient (Wildman–Crippen LogP) is 3.31. The molecule has 2 aromatic carbocycles. The predicted molar refractivity (Wildman–Crippen MR) is 90.8 cm³/mol. The van der Waals surface area contributed by atoms with Gasteiger partial charge in [-0.25, -0.2) is 8.42 Å². The summed E-state index contributed by atoms with van der Waals surface area (Å²) >= 11 is 11.7. The molecule has 0 spiro atoms. The molecule has 0 atom stereocenters. The Hall–Kier alpha value is -1.76. The summed E-state index contributed by atoms with van der Waals surface area (Å²) in [6.45, 7) is 0. The number of nitrogens with one attached hydrogen (secondary N) is 1. The van der Waals surface area contributed by atoms with Gasteiger partial charge in [-0.3, -0.25) is 9.52 Å². The lowest BCUT2D eigenvalue weighted by atomic mass is 10.2. The highest BCUT2D eigenvalue weighted by atomic mass is 35.5. The Morgan fingerprint density at radius 1 is 1.09 bits per heavy atom. The number of nitrogens with zero attached hydrogens (tertiary/aromatic N) is 1. The first-order valence-electron chi connectivity index (χ1n) is 6.65. The molecule has 1 heterocycles. The van der Waals surface area contributed by atoms with Crippen molar-refractivity contribution in [3.63, 3.8) is 0 Å². The second-order valence-electron chi connectivity index (χ2n) is 5.18. The molecule has 1 N–H and O–H groups in total. The lowest BCUT2D eigenvalue weighted by molar-refractivity contribution is -0.117. The number of likely N-dealkylation sites (N-methyl/N-ethyl adjacent to an activating group) is 1. The third-order valence-corrected chi connectivity index (χ3v) is 5.37. The normalized spacial score (nSPS) is 14.0. The highest BCUT2D eigenvalue weighted by Crippen LogP contribution is 2.31. The van der Waals surface area contributed by atoms with Gasteiger partial charge in [0, 0.05) is 22.8 Å². The lowest BCUT2D eigenvalue weighted by Gasteiger charge is -2.12. The minimum Gasteiger partial charge on any atom is -0.315 e. The number of hydrogen-bond donors (Lipinski definition) is 1. The molecule has 120 valence electrons. The standard InChI is InChI=1S/C15H12Cl2N2O3S/c1-19-14-3-2-13(4-9(14)5-15(19)20)23(21,22)18-12-7-10(16)6-11(17)8-12/h2-4,6-8,18H,5H2,1H3. The van der Waals surface area contributed by atoms with Crippen molar-refractivity contribution in [3.05, 3.63) is 52.0 Å². The van der Waals surface area contributed by atoms with Gasteiger partial charge in [0.05, 0.1) is 17.0 Å². The van der Waals surface area contributed by atoms with E-state index in [1.165, 1.54) is 35.2 Å². The number of carbonyl (C=O) groups excluding carboxylic acids is 1. The van der Waals surface area contributed by atoms with E-state index in [0.717, 1.165) is 5.69 Å². The summed E-state index contributed by atoms with van der Waals surface area (Å²) in [4.78, 5) is 13.3. The SMILES string of the molecule is CN1C(=O)Cc2cc(S(=O)(=O)Nc3cc(Cl)cc(Cl)c3)ccc21. The Bertz CT molecular complexity index is 893. The monoisotopic (exact) mass is 370 g/mol. The zero-order chi connectivity index (χ0) is 16.8. The van der Waals surface area contributed by atoms with Crippen molar-refractivity contribution in [2.45, 2.75) is 11.3 Å². The second kappa shape index (κ2) is 5.70. The molecular weight excluding hydrogens is 359 g/mol. The molecule has 0 aliphatic carbocycles. The first-order valence-corrected chi connectivity index (χ1v) is 8.88. The number of benzene rings is 2. The van der Waals surface area contributed by atoms with Crippen LogP contribution in [0.2, 0.25) is 10.0 Å². The molecule has 0 saturated carbocycles. The van der Waals surface area contributed by atoms with Gasteiger partial charge < -0.3 is 4.90 Å². The van der Waals surface area contributed by atoms with Gasteiger partial charge in [0.15, 0.2) is 0 Å². The largest absolute Gasteiger partial charge is 0.315 e. The molecule has 2 aromatic rings. The molecule has 0 bridgehead atoms. The Morgan fingerprint density at radius 2 is 1.74 bits per heavy atom. The van der Waals surface area contributed by atoms with Gasteiger partial charge in [-0.1, -0.05) is 23.2 Å². The lowest BCUT2D eigenvalue weighted by Crippen LogP contribution is -2.20. The maximum atomic E-state index is 12.5. The van der Waals surface area contributed by atoms with Crippen molar-refractivity contribution in [1.82, 2.24) is 0 Å². The van der Waals surface area contributed by atoms with Crippen LogP contribution in [0.3, 0.4) is 0 Å². The van der Waals surface area contributed by atoms with Crippen molar-refractivity contribution in [1.29, 1.82) is 0 Å². The molecule has 8 heteroatoms. The first kappa shape index (κ1) is 16.1. The Kier molecular flexibility index (Phi) is 4.00. The first-order chi connectivity index (χ1) is 10.8. The van der Waals surface area contributed by atoms with E-state index in [2.05, 4.69) is 4.72 Å². The number of hydrogen-bond acceptors (Lipinski definition) is 3. The average molecular weight is 371 g/mol. The molecule has 1 aliphatic heterocycles. The zero-order valence-electron chi connectivity index (χ0n) is 12.0. The van der Waals surface area contributed by atoms with Gasteiger partial charge in [0.2, 0.25) is 5.91 Å². The van der Waals surface area contributed by atoms with Crippen LogP contribution in [-0.4, -0.2) is 21.4 Å². The summed E-state index contributed by atoms with van der Waals surface area (Å²) in [6, 6.07) is 9.04. The Morgan fingerprint density at radius 3 is 2.39 bits per heavy atom. The summed E-state index contributed by atoms with van der Waals surface area (Å²) in [5.41, 5.74) is 1.68. The molecule has 0 fully saturated rings. The molecule has 5 nitrogen and oxygen atoms in total. The van der Waals surface area contributed by atoms with Crippen LogP contribution in [0.1, 0.15) is 5.56 Å². The summed E-state index contributed by atoms with van der Waals surface area (Å²) in [5.74, 6) is -0.0656. The summed E-state index contributed by atoms with van der Waals surface area (Å²) in [7, 11) is -2.14. The minimum atomic E-state index is -3.80. The van der Waals surface area contributed by atoms with Crippen molar-refractivity contribution >= 4 is 50.5 Å². The van der Waals surface area contributed by atoms with Gasteiger partial charge in [-0.2, -0.15) is 0 Å². The summed E-state index contributed by atoms with van der Waals surface area (Å²) < 4.78 is 27.4. The van der Waals surface area contributed by atoms with E-state index < -0.39 is 10.0 Å². The van der Waals surface area contributed by atoms with E-state index >= 15 is 0 Å². The third kappa shape index (κ3) is 3.15. The topological polar surface area (TPSA) is 66.5 Å². The molecular formula is C15H12Cl2N2O3S. The maximum absolute atomic E-state index is 12.5.